The Labute approximate surface area is 200 Å². The van der Waals surface area contributed by atoms with Crippen molar-refractivity contribution in [3.05, 3.63) is 77.6 Å². The van der Waals surface area contributed by atoms with Gasteiger partial charge in [-0.15, -0.1) is 0 Å². The van der Waals surface area contributed by atoms with Crippen molar-refractivity contribution in [2.24, 2.45) is 4.99 Å². The van der Waals surface area contributed by atoms with Gasteiger partial charge in [-0.3, -0.25) is 10.2 Å². The number of carbonyl (C=O) groups excluding carboxylic acids is 1. The van der Waals surface area contributed by atoms with Crippen molar-refractivity contribution in [3.8, 4) is 11.1 Å². The topological polar surface area (TPSA) is 82.5 Å². The maximum atomic E-state index is 13.6. The molecule has 1 amide bonds. The van der Waals surface area contributed by atoms with Crippen LogP contribution in [0.2, 0.25) is 0 Å². The molecule has 4 rings (SSSR count). The molecule has 1 aliphatic heterocycles. The number of aliphatic imine (C=N–C) groups is 1. The minimum Gasteiger partial charge on any atom is -0.345 e. The van der Waals surface area contributed by atoms with E-state index in [1.54, 1.807) is 13.0 Å². The van der Waals surface area contributed by atoms with Gasteiger partial charge in [0, 0.05) is 18.0 Å². The highest BCUT2D eigenvalue weighted by atomic mass is 19.4. The molecule has 0 saturated heterocycles. The first-order valence-electron chi connectivity index (χ1n) is 10.5. The van der Waals surface area contributed by atoms with Gasteiger partial charge in [0.25, 0.3) is 5.91 Å². The number of amides is 1. The summed E-state index contributed by atoms with van der Waals surface area (Å²) in [6.07, 6.45) is -6.12. The SMILES string of the molecule is CC(NC(=O)c1cc(-c2ccccc2C(F)(F)F)cc(C(F)(F)F)c1)C1N=CNN1c1ncccn1. The van der Waals surface area contributed by atoms with Crippen LogP contribution in [0.3, 0.4) is 0 Å². The lowest BCUT2D eigenvalue weighted by atomic mass is 9.95. The molecule has 1 aliphatic rings. The Balaban J connectivity index is 1.67. The average molecular weight is 508 g/mol. The fourth-order valence-corrected chi connectivity index (χ4v) is 3.68. The zero-order valence-electron chi connectivity index (χ0n) is 18.5. The van der Waals surface area contributed by atoms with Gasteiger partial charge < -0.3 is 5.32 Å². The third-order valence-corrected chi connectivity index (χ3v) is 5.33. The number of carbonyl (C=O) groups is 1. The van der Waals surface area contributed by atoms with Crippen molar-refractivity contribution < 1.29 is 31.1 Å². The average Bonchev–Trinajstić information content (AvgIpc) is 3.33. The molecule has 3 aromatic rings. The summed E-state index contributed by atoms with van der Waals surface area (Å²) >= 11 is 0. The Morgan fingerprint density at radius 3 is 2.36 bits per heavy atom. The molecule has 7 nitrogen and oxygen atoms in total. The lowest BCUT2D eigenvalue weighted by Crippen LogP contribution is -2.51. The number of hydrogen-bond acceptors (Lipinski definition) is 6. The lowest BCUT2D eigenvalue weighted by Gasteiger charge is -2.27. The summed E-state index contributed by atoms with van der Waals surface area (Å²) < 4.78 is 81.4. The maximum Gasteiger partial charge on any atom is 0.417 e. The highest BCUT2D eigenvalue weighted by molar-refractivity contribution is 5.96. The third kappa shape index (κ3) is 5.24. The summed E-state index contributed by atoms with van der Waals surface area (Å²) in [6.45, 7) is 1.57. The van der Waals surface area contributed by atoms with Crippen molar-refractivity contribution in [3.63, 3.8) is 0 Å². The van der Waals surface area contributed by atoms with Crippen molar-refractivity contribution in [1.82, 2.24) is 20.7 Å². The van der Waals surface area contributed by atoms with E-state index in [4.69, 9.17) is 0 Å². The summed E-state index contributed by atoms with van der Waals surface area (Å²) in [6, 6.07) is 7.25. The minimum atomic E-state index is -4.90. The number of hydrogen-bond donors (Lipinski definition) is 2. The van der Waals surface area contributed by atoms with Crippen LogP contribution in [-0.4, -0.2) is 34.4 Å². The maximum absolute atomic E-state index is 13.6. The van der Waals surface area contributed by atoms with E-state index in [9.17, 15) is 31.1 Å². The molecule has 0 saturated carbocycles. The molecule has 0 bridgehead atoms. The van der Waals surface area contributed by atoms with Crippen LogP contribution >= 0.6 is 0 Å². The van der Waals surface area contributed by atoms with E-state index in [1.165, 1.54) is 29.8 Å². The summed E-state index contributed by atoms with van der Waals surface area (Å²) in [7, 11) is 0. The fourth-order valence-electron chi connectivity index (χ4n) is 3.68. The van der Waals surface area contributed by atoms with Crippen molar-refractivity contribution in [1.29, 1.82) is 0 Å². The molecule has 2 unspecified atom stereocenters. The quantitative estimate of drug-likeness (QED) is 0.490. The van der Waals surface area contributed by atoms with Gasteiger partial charge in [-0.25, -0.2) is 20.0 Å². The fraction of sp³-hybridized carbons (Fsp3) is 0.217. The molecule has 2 N–H and O–H groups in total. The molecule has 13 heteroatoms. The first-order valence-corrected chi connectivity index (χ1v) is 10.5. The van der Waals surface area contributed by atoms with Gasteiger partial charge in [0.15, 0.2) is 6.17 Å². The second-order valence-corrected chi connectivity index (χ2v) is 7.84. The van der Waals surface area contributed by atoms with Crippen LogP contribution in [-0.2, 0) is 12.4 Å². The Bertz CT molecular complexity index is 1280. The Kier molecular flexibility index (Phi) is 6.57. The number of benzene rings is 2. The molecular formula is C23H18F6N6O. The van der Waals surface area contributed by atoms with E-state index in [0.29, 0.717) is 12.1 Å². The number of aromatic nitrogens is 2. The normalized spacial score (nSPS) is 16.5. The second kappa shape index (κ2) is 9.47. The Morgan fingerprint density at radius 1 is 1.00 bits per heavy atom. The molecular weight excluding hydrogens is 490 g/mol. The smallest absolute Gasteiger partial charge is 0.345 e. The minimum absolute atomic E-state index is 0.242. The number of hydrazine groups is 1. The van der Waals surface area contributed by atoms with Crippen LogP contribution in [0.5, 0.6) is 0 Å². The van der Waals surface area contributed by atoms with Crippen LogP contribution in [0.15, 0.2) is 65.9 Å². The molecule has 0 fully saturated rings. The number of halogens is 6. The summed E-state index contributed by atoms with van der Waals surface area (Å²) in [5, 5.41) is 4.01. The first kappa shape index (κ1) is 24.9. The van der Waals surface area contributed by atoms with E-state index in [2.05, 4.69) is 25.7 Å². The molecule has 0 aliphatic carbocycles. The van der Waals surface area contributed by atoms with Gasteiger partial charge in [0.1, 0.15) is 6.34 Å². The second-order valence-electron chi connectivity index (χ2n) is 7.84. The van der Waals surface area contributed by atoms with Gasteiger partial charge in [-0.1, -0.05) is 18.2 Å². The van der Waals surface area contributed by atoms with Crippen LogP contribution < -0.4 is 15.8 Å². The van der Waals surface area contributed by atoms with Gasteiger partial charge in [-0.2, -0.15) is 26.3 Å². The van der Waals surface area contributed by atoms with Crippen molar-refractivity contribution in [2.75, 3.05) is 5.01 Å². The Morgan fingerprint density at radius 2 is 1.69 bits per heavy atom. The third-order valence-electron chi connectivity index (χ3n) is 5.33. The van der Waals surface area contributed by atoms with Gasteiger partial charge >= 0.3 is 12.4 Å². The van der Waals surface area contributed by atoms with E-state index >= 15 is 0 Å². The number of rotatable bonds is 5. The number of alkyl halides is 6. The molecule has 2 aromatic carbocycles. The molecule has 36 heavy (non-hydrogen) atoms. The van der Waals surface area contributed by atoms with Gasteiger partial charge in [0.05, 0.1) is 17.2 Å². The first-order chi connectivity index (χ1) is 16.9. The van der Waals surface area contributed by atoms with Crippen LogP contribution in [0.25, 0.3) is 11.1 Å². The number of anilines is 1. The number of nitrogens with one attached hydrogen (secondary N) is 2. The van der Waals surface area contributed by atoms with Crippen molar-refractivity contribution in [2.45, 2.75) is 31.5 Å². The van der Waals surface area contributed by atoms with Gasteiger partial charge in [0.2, 0.25) is 5.95 Å². The van der Waals surface area contributed by atoms with E-state index < -0.39 is 58.3 Å². The zero-order valence-corrected chi connectivity index (χ0v) is 18.5. The molecule has 0 spiro atoms. The van der Waals surface area contributed by atoms with Crippen molar-refractivity contribution >= 4 is 18.2 Å². The highest BCUT2D eigenvalue weighted by Gasteiger charge is 2.36. The lowest BCUT2D eigenvalue weighted by molar-refractivity contribution is -0.137. The predicted octanol–water partition coefficient (Wildman–Crippen LogP) is 4.68. The van der Waals surface area contributed by atoms with E-state index in [1.807, 2.05) is 0 Å². The van der Waals surface area contributed by atoms with E-state index in [-0.39, 0.29) is 5.95 Å². The molecule has 1 aromatic heterocycles. The molecule has 0 radical (unpaired) electrons. The monoisotopic (exact) mass is 508 g/mol. The number of nitrogens with zero attached hydrogens (tertiary/aromatic N) is 4. The van der Waals surface area contributed by atoms with E-state index in [0.717, 1.165) is 24.3 Å². The predicted molar refractivity (Wildman–Crippen MR) is 119 cm³/mol. The molecule has 2 heterocycles. The van der Waals surface area contributed by atoms with Gasteiger partial charge in [-0.05, 0) is 48.4 Å². The van der Waals surface area contributed by atoms with Crippen LogP contribution in [0, 0.1) is 0 Å². The largest absolute Gasteiger partial charge is 0.417 e. The molecule has 188 valence electrons. The Hall–Kier alpha value is -4.16. The van der Waals surface area contributed by atoms with Crippen LogP contribution in [0.4, 0.5) is 32.3 Å². The highest BCUT2D eigenvalue weighted by Crippen LogP contribution is 2.39. The molecule has 2 atom stereocenters. The zero-order chi connectivity index (χ0) is 26.1. The van der Waals surface area contributed by atoms with Crippen LogP contribution in [0.1, 0.15) is 28.4 Å². The summed E-state index contributed by atoms with van der Waals surface area (Å²) in [5.41, 5.74) is -0.892. The summed E-state index contributed by atoms with van der Waals surface area (Å²) in [4.78, 5) is 25.3. The standard InChI is InChI=1S/C23H18F6N6O/c1-13(19-32-12-33-35(19)21-30-7-4-8-31-21)34-20(36)15-9-14(10-16(11-15)22(24,25)26)17-5-2-3-6-18(17)23(27,28)29/h2-13,19H,1H3,(H,32,33)(H,34,36). The summed E-state index contributed by atoms with van der Waals surface area (Å²) in [5.74, 6) is -0.679.